The predicted molar refractivity (Wildman–Crippen MR) is 154 cm³/mol. The first-order valence-electron chi connectivity index (χ1n) is 14.2. The number of carboxylic acids is 1. The third-order valence-electron chi connectivity index (χ3n) is 7.77. The third kappa shape index (κ3) is 7.12. The number of rotatable bonds is 11. The molecule has 1 aliphatic carbocycles. The molecule has 2 N–H and O–H groups in total. The molecule has 0 aromatic heterocycles. The molecular formula is C31H31F5N2O6S. The van der Waals surface area contributed by atoms with Crippen molar-refractivity contribution in [1.29, 1.82) is 0 Å². The quantitative estimate of drug-likeness (QED) is 0.139. The second kappa shape index (κ2) is 13.9. The normalized spacial score (nSPS) is 14.1. The number of carbonyl (C=O) groups is 2. The molecule has 0 radical (unpaired) electrons. The number of aromatic carboxylic acids is 1. The summed E-state index contributed by atoms with van der Waals surface area (Å²) in [6.45, 7) is -0.337. The minimum absolute atomic E-state index is 0.00136. The molecule has 0 bridgehead atoms. The summed E-state index contributed by atoms with van der Waals surface area (Å²) >= 11 is 0. The number of amides is 1. The van der Waals surface area contributed by atoms with Crippen molar-refractivity contribution in [3.63, 3.8) is 0 Å². The zero-order valence-electron chi connectivity index (χ0n) is 24.2. The number of phenols is 1. The number of anilines is 1. The zero-order valence-corrected chi connectivity index (χ0v) is 25.0. The number of carbonyl (C=O) groups excluding carboxylic acids is 1. The molecule has 1 aliphatic rings. The van der Waals surface area contributed by atoms with E-state index in [4.69, 9.17) is 0 Å². The highest BCUT2D eigenvalue weighted by Gasteiger charge is 2.38. The Morgan fingerprint density at radius 1 is 0.867 bits per heavy atom. The average Bonchev–Trinajstić information content (AvgIpc) is 3.01. The Morgan fingerprint density at radius 3 is 1.98 bits per heavy atom. The number of nitrogens with zero attached hydrogens (tertiary/aromatic N) is 2. The first-order valence-corrected chi connectivity index (χ1v) is 15.7. The van der Waals surface area contributed by atoms with Gasteiger partial charge in [-0.1, -0.05) is 50.5 Å². The lowest BCUT2D eigenvalue weighted by molar-refractivity contribution is -0.119. The third-order valence-corrected chi connectivity index (χ3v) is 9.64. The van der Waals surface area contributed by atoms with E-state index in [-0.39, 0.29) is 18.7 Å². The van der Waals surface area contributed by atoms with Gasteiger partial charge in [0, 0.05) is 18.3 Å². The van der Waals surface area contributed by atoms with Gasteiger partial charge in [0.05, 0.1) is 13.1 Å². The average molecular weight is 655 g/mol. The van der Waals surface area contributed by atoms with Gasteiger partial charge >= 0.3 is 5.97 Å². The summed E-state index contributed by atoms with van der Waals surface area (Å²) in [6.07, 6.45) is 5.50. The van der Waals surface area contributed by atoms with Crippen molar-refractivity contribution in [2.45, 2.75) is 62.8 Å². The molecule has 4 rings (SSSR count). The number of hydrogen-bond donors (Lipinski definition) is 2. The molecule has 0 heterocycles. The number of carboxylic acid groups (broad SMARTS) is 1. The summed E-state index contributed by atoms with van der Waals surface area (Å²) < 4.78 is 97.5. The van der Waals surface area contributed by atoms with Gasteiger partial charge in [0.1, 0.15) is 11.3 Å². The smallest absolute Gasteiger partial charge is 0.339 e. The van der Waals surface area contributed by atoms with E-state index in [9.17, 15) is 50.2 Å². The largest absolute Gasteiger partial charge is 0.507 e. The molecule has 1 saturated carbocycles. The number of aromatic hydroxyl groups is 1. The molecule has 45 heavy (non-hydrogen) atoms. The van der Waals surface area contributed by atoms with E-state index in [0.29, 0.717) is 15.8 Å². The SMILES string of the molecule is CCCN(CC(=O)N(Cc1ccc(C2CCCCC2)cc1)c1ccc(C(=O)O)c(O)c1)S(=O)(=O)c1c(F)c(F)c(F)c(F)c1F. The van der Waals surface area contributed by atoms with Crippen LogP contribution in [0.15, 0.2) is 47.4 Å². The summed E-state index contributed by atoms with van der Waals surface area (Å²) in [6, 6.07) is 10.6. The molecule has 1 amide bonds. The van der Waals surface area contributed by atoms with E-state index in [2.05, 4.69) is 0 Å². The summed E-state index contributed by atoms with van der Waals surface area (Å²) in [5, 5.41) is 19.6. The molecule has 3 aromatic rings. The lowest BCUT2D eigenvalue weighted by Gasteiger charge is -2.28. The van der Waals surface area contributed by atoms with Crippen LogP contribution in [0.25, 0.3) is 0 Å². The fourth-order valence-corrected chi connectivity index (χ4v) is 7.01. The Labute approximate surface area is 256 Å². The fourth-order valence-electron chi connectivity index (χ4n) is 5.42. The maximum atomic E-state index is 14.6. The predicted octanol–water partition coefficient (Wildman–Crippen LogP) is 6.47. The van der Waals surface area contributed by atoms with Crippen LogP contribution in [0.2, 0.25) is 0 Å². The van der Waals surface area contributed by atoms with E-state index in [1.54, 1.807) is 12.1 Å². The summed E-state index contributed by atoms with van der Waals surface area (Å²) in [4.78, 5) is 24.1. The van der Waals surface area contributed by atoms with Gasteiger partial charge in [-0.15, -0.1) is 0 Å². The van der Waals surface area contributed by atoms with Crippen LogP contribution in [0.4, 0.5) is 27.6 Å². The molecule has 0 spiro atoms. The van der Waals surface area contributed by atoms with Gasteiger partial charge in [-0.3, -0.25) is 4.79 Å². The maximum absolute atomic E-state index is 14.6. The molecule has 14 heteroatoms. The lowest BCUT2D eigenvalue weighted by Crippen LogP contribution is -2.43. The van der Waals surface area contributed by atoms with Crippen LogP contribution in [0, 0.1) is 29.1 Å². The second-order valence-corrected chi connectivity index (χ2v) is 12.7. The monoisotopic (exact) mass is 654 g/mol. The molecule has 0 aliphatic heterocycles. The summed E-state index contributed by atoms with van der Waals surface area (Å²) in [5.41, 5.74) is 1.19. The van der Waals surface area contributed by atoms with Gasteiger partial charge < -0.3 is 15.1 Å². The van der Waals surface area contributed by atoms with Gasteiger partial charge in [0.15, 0.2) is 28.2 Å². The Morgan fingerprint density at radius 2 is 1.44 bits per heavy atom. The number of benzene rings is 3. The minimum atomic E-state index is -5.45. The Hall–Kier alpha value is -4.04. The highest BCUT2D eigenvalue weighted by atomic mass is 32.2. The molecule has 3 aromatic carbocycles. The van der Waals surface area contributed by atoms with Gasteiger partial charge in [-0.2, -0.15) is 4.31 Å². The second-order valence-electron chi connectivity index (χ2n) is 10.8. The first-order chi connectivity index (χ1) is 21.3. The maximum Gasteiger partial charge on any atom is 0.339 e. The van der Waals surface area contributed by atoms with Crippen molar-refractivity contribution in [2.24, 2.45) is 0 Å². The van der Waals surface area contributed by atoms with Crippen molar-refractivity contribution < 1.29 is 50.2 Å². The Kier molecular flexibility index (Phi) is 10.5. The number of hydrogen-bond acceptors (Lipinski definition) is 5. The number of sulfonamides is 1. The van der Waals surface area contributed by atoms with Crippen molar-refractivity contribution in [3.8, 4) is 5.75 Å². The topological polar surface area (TPSA) is 115 Å². The first kappa shape index (κ1) is 33.8. The highest BCUT2D eigenvalue weighted by molar-refractivity contribution is 7.89. The fraction of sp³-hybridized carbons (Fsp3) is 0.355. The van der Waals surface area contributed by atoms with Crippen LogP contribution in [0.1, 0.15) is 72.9 Å². The van der Waals surface area contributed by atoms with Crippen LogP contribution in [0.3, 0.4) is 0 Å². The molecule has 0 unspecified atom stereocenters. The van der Waals surface area contributed by atoms with Crippen molar-refractivity contribution in [3.05, 3.63) is 88.2 Å². The Bertz CT molecular complexity index is 1670. The number of halogens is 5. The molecular weight excluding hydrogens is 623 g/mol. The van der Waals surface area contributed by atoms with Crippen LogP contribution in [0.5, 0.6) is 5.75 Å². The minimum Gasteiger partial charge on any atom is -0.507 e. The molecule has 242 valence electrons. The van der Waals surface area contributed by atoms with E-state index >= 15 is 0 Å². The molecule has 1 fully saturated rings. The van der Waals surface area contributed by atoms with Crippen molar-refractivity contribution in [1.82, 2.24) is 4.31 Å². The van der Waals surface area contributed by atoms with Gasteiger partial charge in [0.2, 0.25) is 21.7 Å². The van der Waals surface area contributed by atoms with Gasteiger partial charge in [-0.05, 0) is 48.4 Å². The molecule has 8 nitrogen and oxygen atoms in total. The van der Waals surface area contributed by atoms with Crippen LogP contribution >= 0.6 is 0 Å². The lowest BCUT2D eigenvalue weighted by atomic mass is 9.84. The van der Waals surface area contributed by atoms with Crippen molar-refractivity contribution in [2.75, 3.05) is 18.0 Å². The van der Waals surface area contributed by atoms with Gasteiger partial charge in [0.25, 0.3) is 0 Å². The summed E-state index contributed by atoms with van der Waals surface area (Å²) in [5.74, 6) is -15.3. The van der Waals surface area contributed by atoms with E-state index < -0.39 is 80.3 Å². The summed E-state index contributed by atoms with van der Waals surface area (Å²) in [7, 11) is -5.45. The zero-order chi connectivity index (χ0) is 33.1. The Balaban J connectivity index is 1.71. The van der Waals surface area contributed by atoms with Crippen LogP contribution in [-0.2, 0) is 21.4 Å². The molecule has 0 atom stereocenters. The standard InChI is InChI=1S/C31H31F5N2O6S/c1-2-14-37(45(43,44)30-28(35)26(33)25(32)27(34)29(30)36)17-24(40)38(21-12-13-22(31(41)42)23(39)15-21)16-18-8-10-20(11-9-18)19-6-4-3-5-7-19/h8-13,15,19,39H,2-7,14,16-17H2,1H3,(H,41,42). The van der Waals surface area contributed by atoms with Crippen LogP contribution < -0.4 is 4.90 Å². The van der Waals surface area contributed by atoms with E-state index in [1.165, 1.54) is 19.4 Å². The van der Waals surface area contributed by atoms with E-state index in [0.717, 1.165) is 48.3 Å². The van der Waals surface area contributed by atoms with Gasteiger partial charge in [-0.25, -0.2) is 35.2 Å². The highest BCUT2D eigenvalue weighted by Crippen LogP contribution is 2.34. The van der Waals surface area contributed by atoms with E-state index in [1.807, 2.05) is 12.1 Å². The van der Waals surface area contributed by atoms with Crippen LogP contribution in [-0.4, -0.2) is 47.9 Å². The molecule has 0 saturated heterocycles. The van der Waals surface area contributed by atoms with Crippen molar-refractivity contribution >= 4 is 27.6 Å².